The maximum absolute atomic E-state index is 11.7. The third-order valence-corrected chi connectivity index (χ3v) is 2.40. The van der Waals surface area contributed by atoms with Crippen LogP contribution in [0.2, 0.25) is 0 Å². The standard InChI is InChI=1S/C12H18N2O3/c1-8(6-13-2)7-14-12(17)9-3-4-10(15)11(16)5-9/h3-5,8,13,15-16H,6-7H2,1-2H3,(H,14,17). The van der Waals surface area contributed by atoms with Gasteiger partial charge in [-0.25, -0.2) is 0 Å². The van der Waals surface area contributed by atoms with Crippen molar-refractivity contribution in [3.8, 4) is 11.5 Å². The smallest absolute Gasteiger partial charge is 0.251 e. The molecule has 0 heterocycles. The van der Waals surface area contributed by atoms with Crippen molar-refractivity contribution in [3.63, 3.8) is 0 Å². The SMILES string of the molecule is CNCC(C)CNC(=O)c1ccc(O)c(O)c1. The number of phenols is 2. The molecule has 0 bridgehead atoms. The highest BCUT2D eigenvalue weighted by molar-refractivity contribution is 5.94. The van der Waals surface area contributed by atoms with Crippen LogP contribution in [-0.2, 0) is 0 Å². The molecule has 17 heavy (non-hydrogen) atoms. The first kappa shape index (κ1) is 13.3. The summed E-state index contributed by atoms with van der Waals surface area (Å²) in [7, 11) is 1.86. The topological polar surface area (TPSA) is 81.6 Å². The lowest BCUT2D eigenvalue weighted by Crippen LogP contribution is -2.32. The number of hydrogen-bond acceptors (Lipinski definition) is 4. The minimum atomic E-state index is -0.291. The van der Waals surface area contributed by atoms with Gasteiger partial charge in [-0.05, 0) is 37.7 Å². The van der Waals surface area contributed by atoms with Gasteiger partial charge in [0, 0.05) is 12.1 Å². The van der Waals surface area contributed by atoms with E-state index in [0.717, 1.165) is 6.54 Å². The van der Waals surface area contributed by atoms with Gasteiger partial charge in [0.1, 0.15) is 0 Å². The Morgan fingerprint density at radius 2 is 2.00 bits per heavy atom. The van der Waals surface area contributed by atoms with Crippen molar-refractivity contribution in [2.24, 2.45) is 5.92 Å². The Labute approximate surface area is 100 Å². The summed E-state index contributed by atoms with van der Waals surface area (Å²) in [6.07, 6.45) is 0. The fourth-order valence-corrected chi connectivity index (χ4v) is 1.45. The lowest BCUT2D eigenvalue weighted by Gasteiger charge is -2.12. The molecule has 0 saturated carbocycles. The first-order valence-corrected chi connectivity index (χ1v) is 5.49. The first-order chi connectivity index (χ1) is 8.04. The molecule has 1 aromatic carbocycles. The van der Waals surface area contributed by atoms with Crippen LogP contribution in [0.3, 0.4) is 0 Å². The van der Waals surface area contributed by atoms with Crippen molar-refractivity contribution in [1.82, 2.24) is 10.6 Å². The van der Waals surface area contributed by atoms with Gasteiger partial charge in [-0.2, -0.15) is 0 Å². The van der Waals surface area contributed by atoms with Crippen molar-refractivity contribution in [2.45, 2.75) is 6.92 Å². The molecule has 0 saturated heterocycles. The number of phenolic OH excluding ortho intramolecular Hbond substituents is 2. The summed E-state index contributed by atoms with van der Waals surface area (Å²) in [5.74, 6) is -0.455. The highest BCUT2D eigenvalue weighted by Gasteiger charge is 2.09. The van der Waals surface area contributed by atoms with E-state index in [1.54, 1.807) is 0 Å². The Morgan fingerprint density at radius 3 is 2.59 bits per heavy atom. The van der Waals surface area contributed by atoms with Crippen LogP contribution in [0.5, 0.6) is 11.5 Å². The third-order valence-electron chi connectivity index (χ3n) is 2.40. The monoisotopic (exact) mass is 238 g/mol. The van der Waals surface area contributed by atoms with Crippen molar-refractivity contribution in [1.29, 1.82) is 0 Å². The molecule has 1 unspecified atom stereocenters. The van der Waals surface area contributed by atoms with Gasteiger partial charge >= 0.3 is 0 Å². The van der Waals surface area contributed by atoms with Gasteiger partial charge in [-0.1, -0.05) is 6.92 Å². The van der Waals surface area contributed by atoms with Crippen molar-refractivity contribution in [2.75, 3.05) is 20.1 Å². The molecule has 5 heteroatoms. The minimum Gasteiger partial charge on any atom is -0.504 e. The number of carbonyl (C=O) groups excluding carboxylic acids is 1. The van der Waals surface area contributed by atoms with E-state index < -0.39 is 0 Å². The van der Waals surface area contributed by atoms with Crippen LogP contribution in [0, 0.1) is 5.92 Å². The molecule has 0 aromatic heterocycles. The lowest BCUT2D eigenvalue weighted by molar-refractivity contribution is 0.0947. The van der Waals surface area contributed by atoms with E-state index >= 15 is 0 Å². The van der Waals surface area contributed by atoms with E-state index in [4.69, 9.17) is 5.11 Å². The summed E-state index contributed by atoms with van der Waals surface area (Å²) in [5, 5.41) is 24.2. The molecule has 4 N–H and O–H groups in total. The number of hydrogen-bond donors (Lipinski definition) is 4. The second-order valence-corrected chi connectivity index (χ2v) is 4.08. The number of amides is 1. The number of carbonyl (C=O) groups is 1. The summed E-state index contributed by atoms with van der Waals surface area (Å²) in [6.45, 7) is 3.40. The second kappa shape index (κ2) is 6.10. The number of benzene rings is 1. The summed E-state index contributed by atoms with van der Waals surface area (Å²) < 4.78 is 0. The zero-order chi connectivity index (χ0) is 12.8. The normalized spacial score (nSPS) is 12.1. The van der Waals surface area contributed by atoms with Gasteiger partial charge < -0.3 is 20.8 Å². The van der Waals surface area contributed by atoms with Gasteiger partial charge in [-0.15, -0.1) is 0 Å². The van der Waals surface area contributed by atoms with Gasteiger partial charge in [0.25, 0.3) is 5.91 Å². The van der Waals surface area contributed by atoms with Crippen LogP contribution in [-0.4, -0.2) is 36.3 Å². The Bertz CT molecular complexity index is 393. The van der Waals surface area contributed by atoms with Crippen molar-refractivity contribution >= 4 is 5.91 Å². The van der Waals surface area contributed by atoms with Crippen molar-refractivity contribution in [3.05, 3.63) is 23.8 Å². The summed E-state index contributed by atoms with van der Waals surface area (Å²) in [5.41, 5.74) is 0.331. The summed E-state index contributed by atoms with van der Waals surface area (Å²) >= 11 is 0. The molecule has 1 atom stereocenters. The Hall–Kier alpha value is -1.75. The zero-order valence-electron chi connectivity index (χ0n) is 10.0. The Balaban J connectivity index is 2.55. The van der Waals surface area contributed by atoms with Gasteiger partial charge in [-0.3, -0.25) is 4.79 Å². The molecule has 94 valence electrons. The molecule has 0 aliphatic carbocycles. The van der Waals surface area contributed by atoms with E-state index in [-0.39, 0.29) is 17.4 Å². The number of aromatic hydroxyl groups is 2. The zero-order valence-corrected chi connectivity index (χ0v) is 10.0. The van der Waals surface area contributed by atoms with E-state index in [1.807, 2.05) is 14.0 Å². The van der Waals surface area contributed by atoms with Crippen LogP contribution < -0.4 is 10.6 Å². The molecule has 1 amide bonds. The molecule has 0 spiro atoms. The lowest BCUT2D eigenvalue weighted by atomic mass is 10.1. The Kier molecular flexibility index (Phi) is 4.78. The van der Waals surface area contributed by atoms with E-state index in [2.05, 4.69) is 10.6 Å². The maximum atomic E-state index is 11.7. The van der Waals surface area contributed by atoms with Gasteiger partial charge in [0.2, 0.25) is 0 Å². The molecule has 1 rings (SSSR count). The fourth-order valence-electron chi connectivity index (χ4n) is 1.45. The summed E-state index contributed by atoms with van der Waals surface area (Å²) in [6, 6.07) is 4.00. The highest BCUT2D eigenvalue weighted by Crippen LogP contribution is 2.24. The molecule has 5 nitrogen and oxygen atoms in total. The minimum absolute atomic E-state index is 0.231. The average Bonchev–Trinajstić information content (AvgIpc) is 2.30. The van der Waals surface area contributed by atoms with Crippen LogP contribution >= 0.6 is 0 Å². The van der Waals surface area contributed by atoms with Crippen molar-refractivity contribution < 1.29 is 15.0 Å². The van der Waals surface area contributed by atoms with Crippen LogP contribution in [0.25, 0.3) is 0 Å². The molecule has 1 aromatic rings. The molecular weight excluding hydrogens is 220 g/mol. The molecule has 0 aliphatic rings. The van der Waals surface area contributed by atoms with E-state index in [0.29, 0.717) is 18.0 Å². The van der Waals surface area contributed by atoms with E-state index in [1.165, 1.54) is 18.2 Å². The first-order valence-electron chi connectivity index (χ1n) is 5.49. The number of rotatable bonds is 5. The number of nitrogens with one attached hydrogen (secondary N) is 2. The highest BCUT2D eigenvalue weighted by atomic mass is 16.3. The van der Waals surface area contributed by atoms with Gasteiger partial charge in [0.05, 0.1) is 0 Å². The average molecular weight is 238 g/mol. The van der Waals surface area contributed by atoms with Crippen LogP contribution in [0.4, 0.5) is 0 Å². The summed E-state index contributed by atoms with van der Waals surface area (Å²) in [4.78, 5) is 11.7. The molecule has 0 radical (unpaired) electrons. The second-order valence-electron chi connectivity index (χ2n) is 4.08. The predicted molar refractivity (Wildman–Crippen MR) is 65.2 cm³/mol. The quantitative estimate of drug-likeness (QED) is 0.569. The molecular formula is C12H18N2O3. The molecule has 0 fully saturated rings. The van der Waals surface area contributed by atoms with E-state index in [9.17, 15) is 9.90 Å². The predicted octanol–water partition coefficient (Wildman–Crippen LogP) is 0.683. The Morgan fingerprint density at radius 1 is 1.29 bits per heavy atom. The van der Waals surface area contributed by atoms with Crippen LogP contribution in [0.1, 0.15) is 17.3 Å². The largest absolute Gasteiger partial charge is 0.504 e. The third kappa shape index (κ3) is 3.96. The molecule has 0 aliphatic heterocycles. The maximum Gasteiger partial charge on any atom is 0.251 e. The fraction of sp³-hybridized carbons (Fsp3) is 0.417. The van der Waals surface area contributed by atoms with Gasteiger partial charge in [0.15, 0.2) is 11.5 Å². The van der Waals surface area contributed by atoms with Crippen LogP contribution in [0.15, 0.2) is 18.2 Å².